The second kappa shape index (κ2) is 9.21. The van der Waals surface area contributed by atoms with Crippen LogP contribution in [0, 0.1) is 0 Å². The molecule has 0 atom stereocenters. The van der Waals surface area contributed by atoms with Crippen LogP contribution in [0.15, 0.2) is 42.5 Å². The van der Waals surface area contributed by atoms with Crippen molar-refractivity contribution in [1.29, 1.82) is 0 Å². The van der Waals surface area contributed by atoms with E-state index in [4.69, 9.17) is 4.74 Å². The molecule has 2 N–H and O–H groups in total. The molecule has 37 heavy (non-hydrogen) atoms. The summed E-state index contributed by atoms with van der Waals surface area (Å²) >= 11 is 0. The molecule has 5 rings (SSSR count). The Morgan fingerprint density at radius 1 is 1.05 bits per heavy atom. The number of benzene rings is 2. The second-order valence-corrected chi connectivity index (χ2v) is 11.3. The lowest BCUT2D eigenvalue weighted by Gasteiger charge is -2.48. The van der Waals surface area contributed by atoms with Gasteiger partial charge in [0.15, 0.2) is 17.6 Å². The van der Waals surface area contributed by atoms with E-state index >= 15 is 0 Å². The van der Waals surface area contributed by atoms with E-state index in [0.29, 0.717) is 29.1 Å². The Balaban J connectivity index is 1.48. The normalized spacial score (nSPS) is 17.9. The lowest BCUT2D eigenvalue weighted by molar-refractivity contribution is -0.661. The fourth-order valence-corrected chi connectivity index (χ4v) is 5.62. The molecule has 0 fully saturated rings. The molecule has 3 heterocycles. The number of nitrogens with zero attached hydrogens (tertiary/aromatic N) is 2. The summed E-state index contributed by atoms with van der Waals surface area (Å²) in [4.78, 5) is 28.0. The number of H-pyrrole nitrogens is 1. The van der Waals surface area contributed by atoms with Crippen molar-refractivity contribution in [3.8, 4) is 5.75 Å². The molecule has 0 aliphatic carbocycles. The predicted molar refractivity (Wildman–Crippen MR) is 145 cm³/mol. The number of hydrogen-bond donors (Lipinski definition) is 2. The molecule has 2 aromatic carbocycles. The van der Waals surface area contributed by atoms with Gasteiger partial charge in [0.25, 0.3) is 12.3 Å². The molecule has 0 saturated heterocycles. The van der Waals surface area contributed by atoms with Gasteiger partial charge in [0.05, 0.1) is 0 Å². The zero-order valence-electron chi connectivity index (χ0n) is 21.9. The van der Waals surface area contributed by atoms with Crippen molar-refractivity contribution in [2.24, 2.45) is 0 Å². The number of aromatic amines is 1. The average molecular weight is 501 g/mol. The van der Waals surface area contributed by atoms with Crippen LogP contribution >= 0.6 is 0 Å². The molecular weight excluding hydrogens is 466 g/mol. The molecule has 2 aliphatic heterocycles. The lowest BCUT2D eigenvalue weighted by Crippen LogP contribution is -2.44. The van der Waals surface area contributed by atoms with Crippen LogP contribution in [0.1, 0.15) is 63.1 Å². The van der Waals surface area contributed by atoms with Crippen LogP contribution in [-0.2, 0) is 27.0 Å². The maximum Gasteiger partial charge on any atom is 0.346 e. The third-order valence-electron chi connectivity index (χ3n) is 7.86. The van der Waals surface area contributed by atoms with Crippen molar-refractivity contribution in [2.75, 3.05) is 18.0 Å². The number of rotatable bonds is 7. The van der Waals surface area contributed by atoms with Gasteiger partial charge in [0.2, 0.25) is 0 Å². The number of anilines is 1. The first-order valence-corrected chi connectivity index (χ1v) is 12.8. The highest BCUT2D eigenvalue weighted by Crippen LogP contribution is 2.49. The van der Waals surface area contributed by atoms with E-state index < -0.39 is 5.97 Å². The average Bonchev–Trinajstić information content (AvgIpc) is 3.16. The summed E-state index contributed by atoms with van der Waals surface area (Å²) in [6.45, 7) is 11.8. The van der Waals surface area contributed by atoms with Crippen molar-refractivity contribution < 1.29 is 24.0 Å². The van der Waals surface area contributed by atoms with Gasteiger partial charge in [-0.05, 0) is 64.6 Å². The Bertz CT molecular complexity index is 1400. The zero-order valence-corrected chi connectivity index (χ0v) is 21.9. The maximum atomic E-state index is 11.5. The summed E-state index contributed by atoms with van der Waals surface area (Å²) in [5, 5.41) is 9.44. The summed E-state index contributed by atoms with van der Waals surface area (Å²) in [5.41, 5.74) is 7.13. The molecule has 0 radical (unpaired) electrons. The monoisotopic (exact) mass is 500 g/mol. The maximum absolute atomic E-state index is 11.5. The largest absolute Gasteiger partial charge is 0.478 e. The Kier molecular flexibility index (Phi) is 6.18. The minimum absolute atomic E-state index is 0.132. The molecule has 7 heteroatoms. The van der Waals surface area contributed by atoms with Crippen molar-refractivity contribution in [3.63, 3.8) is 0 Å². The topological polar surface area (TPSA) is 86.5 Å². The van der Waals surface area contributed by atoms with Crippen LogP contribution in [0.25, 0.3) is 23.2 Å². The van der Waals surface area contributed by atoms with E-state index in [2.05, 4.69) is 55.8 Å². The number of aliphatic carboxylic acids is 1. The number of carboxylic acids is 1. The molecule has 2 aliphatic rings. The smallest absolute Gasteiger partial charge is 0.346 e. The van der Waals surface area contributed by atoms with Crippen LogP contribution in [0.3, 0.4) is 0 Å². The molecular formula is C30H34N3O4+. The zero-order chi connectivity index (χ0) is 26.4. The van der Waals surface area contributed by atoms with Gasteiger partial charge in [-0.15, -0.1) is 0 Å². The number of aromatic nitrogens is 2. The van der Waals surface area contributed by atoms with Crippen LogP contribution in [0.2, 0.25) is 0 Å². The molecule has 192 valence electrons. The van der Waals surface area contributed by atoms with Crippen LogP contribution in [0.4, 0.5) is 5.69 Å². The number of carbonyl (C=O) groups excluding carboxylic acids is 1. The summed E-state index contributed by atoms with van der Waals surface area (Å²) in [7, 11) is 0. The number of fused-ring (bicyclic) bond motifs is 1. The van der Waals surface area contributed by atoms with Gasteiger partial charge in [0.1, 0.15) is 5.75 Å². The number of nitrogens with one attached hydrogen (secondary N) is 1. The van der Waals surface area contributed by atoms with E-state index in [0.717, 1.165) is 25.9 Å². The van der Waals surface area contributed by atoms with Crippen molar-refractivity contribution in [1.82, 2.24) is 4.98 Å². The van der Waals surface area contributed by atoms with Gasteiger partial charge in [-0.1, -0.05) is 45.9 Å². The van der Waals surface area contributed by atoms with Crippen molar-refractivity contribution in [2.45, 2.75) is 57.9 Å². The van der Waals surface area contributed by atoms with E-state index in [1.807, 2.05) is 18.2 Å². The summed E-state index contributed by atoms with van der Waals surface area (Å²) in [6.07, 6.45) is 10.2. The van der Waals surface area contributed by atoms with Gasteiger partial charge in [-0.3, -0.25) is 4.79 Å². The Morgan fingerprint density at radius 3 is 2.32 bits per heavy atom. The van der Waals surface area contributed by atoms with Gasteiger partial charge < -0.3 is 14.7 Å². The molecule has 3 aromatic rings. The number of allylic oxidation sites excluding steroid dienone is 2. The number of carboxylic acid groups (broad SMARTS) is 1. The van der Waals surface area contributed by atoms with E-state index in [1.165, 1.54) is 22.4 Å². The number of ether oxygens (including phenoxy) is 1. The van der Waals surface area contributed by atoms with Crippen LogP contribution < -0.4 is 14.2 Å². The minimum atomic E-state index is -0.938. The number of hydrogen-bond acceptors (Lipinski definition) is 4. The Labute approximate surface area is 217 Å². The highest BCUT2D eigenvalue weighted by molar-refractivity contribution is 5.76. The van der Waals surface area contributed by atoms with Gasteiger partial charge in [0, 0.05) is 30.9 Å². The summed E-state index contributed by atoms with van der Waals surface area (Å²) in [5.74, 6) is 0.0952. The first kappa shape index (κ1) is 24.8. The fraction of sp³-hybridized carbons (Fsp3) is 0.367. The number of imidazole rings is 1. The third kappa shape index (κ3) is 4.66. The van der Waals surface area contributed by atoms with Crippen molar-refractivity contribution in [3.05, 3.63) is 65.0 Å². The third-order valence-corrected chi connectivity index (χ3v) is 7.86. The fourth-order valence-electron chi connectivity index (χ4n) is 5.62. The van der Waals surface area contributed by atoms with Crippen LogP contribution in [0.5, 0.6) is 5.75 Å². The second-order valence-electron chi connectivity index (χ2n) is 11.3. The highest BCUT2D eigenvalue weighted by atomic mass is 16.5. The Morgan fingerprint density at radius 2 is 1.70 bits per heavy atom. The molecule has 7 nitrogen and oxygen atoms in total. The molecule has 0 spiro atoms. The van der Waals surface area contributed by atoms with E-state index in [1.54, 1.807) is 22.8 Å². The number of carbonyl (C=O) groups is 2. The standard InChI is InChI=1S/C30H33N3O4/c1-29(2)11-13-32-14-12-30(3,4)23-16-20(15-22(29)28(23)32)7-5-6-8-26-31-24-17-21(37-19-34)9-10-25(24)33(26)18-27(35)36/h5-10,15-17,19H,11-14,18H2,1-4H3,(H,35,36)/p+1/b7-5+,8-6+. The summed E-state index contributed by atoms with van der Waals surface area (Å²) < 4.78 is 6.62. The van der Waals surface area contributed by atoms with Gasteiger partial charge >= 0.3 is 5.97 Å². The van der Waals surface area contributed by atoms with Crippen LogP contribution in [-0.4, -0.2) is 35.6 Å². The molecule has 1 aromatic heterocycles. The predicted octanol–water partition coefficient (Wildman–Crippen LogP) is 4.97. The molecule has 0 unspecified atom stereocenters. The first-order valence-electron chi connectivity index (χ1n) is 12.8. The lowest BCUT2D eigenvalue weighted by atomic mass is 9.69. The van der Waals surface area contributed by atoms with Gasteiger partial charge in [-0.25, -0.2) is 14.3 Å². The first-order chi connectivity index (χ1) is 17.6. The molecule has 0 bridgehead atoms. The summed E-state index contributed by atoms with van der Waals surface area (Å²) in [6, 6.07) is 9.73. The van der Waals surface area contributed by atoms with Crippen molar-refractivity contribution >= 4 is 41.3 Å². The highest BCUT2D eigenvalue weighted by Gasteiger charge is 2.39. The SMILES string of the molecule is CC1(C)CCN2CCC(C)(C)c3cc(/C=C/C=C/c4[nH]c5cc(OC=O)ccc5[n+]4CC(=O)O)cc1c32. The minimum Gasteiger partial charge on any atom is -0.478 e. The molecule has 0 saturated carbocycles. The quantitative estimate of drug-likeness (QED) is 0.272. The van der Waals surface area contributed by atoms with E-state index in [-0.39, 0.29) is 17.4 Å². The Hall–Kier alpha value is -3.87. The molecule has 0 amide bonds. The van der Waals surface area contributed by atoms with E-state index in [9.17, 15) is 14.7 Å². The van der Waals surface area contributed by atoms with Gasteiger partial charge in [-0.2, -0.15) is 0 Å².